The summed E-state index contributed by atoms with van der Waals surface area (Å²) in [6, 6.07) is 19.0. The second-order valence-corrected chi connectivity index (χ2v) is 6.02. The van der Waals surface area contributed by atoms with Crippen LogP contribution in [0.1, 0.15) is 30.4 Å². The van der Waals surface area contributed by atoms with Gasteiger partial charge in [0.05, 0.1) is 6.61 Å². The van der Waals surface area contributed by atoms with E-state index in [9.17, 15) is 0 Å². The van der Waals surface area contributed by atoms with Crippen molar-refractivity contribution in [1.29, 1.82) is 0 Å². The predicted octanol–water partition coefficient (Wildman–Crippen LogP) is 4.14. The van der Waals surface area contributed by atoms with Gasteiger partial charge in [0.25, 0.3) is 0 Å². The summed E-state index contributed by atoms with van der Waals surface area (Å²) in [5, 5.41) is 0. The first-order valence-electron chi connectivity index (χ1n) is 8.39. The molecule has 2 heteroatoms. The lowest BCUT2D eigenvalue weighted by Crippen LogP contribution is -2.22. The SMILES string of the molecule is c1ccc(Cc2ccccc2OCCCN2CCCC2)cc1. The Bertz CT molecular complexity index is 561. The fraction of sp³-hybridized carbons (Fsp3) is 0.400. The fourth-order valence-corrected chi connectivity index (χ4v) is 3.08. The van der Waals surface area contributed by atoms with Gasteiger partial charge in [-0.05, 0) is 49.5 Å². The van der Waals surface area contributed by atoms with Gasteiger partial charge in [-0.1, -0.05) is 48.5 Å². The molecule has 0 aromatic heterocycles. The second kappa shape index (κ2) is 8.00. The molecule has 2 nitrogen and oxygen atoms in total. The predicted molar refractivity (Wildman–Crippen MR) is 91.5 cm³/mol. The van der Waals surface area contributed by atoms with Gasteiger partial charge in [-0.15, -0.1) is 0 Å². The smallest absolute Gasteiger partial charge is 0.122 e. The highest BCUT2D eigenvalue weighted by atomic mass is 16.5. The molecule has 0 atom stereocenters. The third-order valence-electron chi connectivity index (χ3n) is 4.28. The second-order valence-electron chi connectivity index (χ2n) is 6.02. The first kappa shape index (κ1) is 15.1. The number of likely N-dealkylation sites (tertiary alicyclic amines) is 1. The van der Waals surface area contributed by atoms with Gasteiger partial charge in [-0.2, -0.15) is 0 Å². The van der Waals surface area contributed by atoms with E-state index in [1.165, 1.54) is 43.6 Å². The highest BCUT2D eigenvalue weighted by Crippen LogP contribution is 2.21. The topological polar surface area (TPSA) is 12.5 Å². The molecule has 1 aliphatic rings. The Morgan fingerprint density at radius 3 is 2.41 bits per heavy atom. The van der Waals surface area contributed by atoms with Crippen molar-refractivity contribution in [2.75, 3.05) is 26.2 Å². The molecule has 1 fully saturated rings. The maximum Gasteiger partial charge on any atom is 0.122 e. The molecular weight excluding hydrogens is 270 g/mol. The summed E-state index contributed by atoms with van der Waals surface area (Å²) in [5.41, 5.74) is 2.60. The summed E-state index contributed by atoms with van der Waals surface area (Å²) in [7, 11) is 0. The maximum absolute atomic E-state index is 6.04. The maximum atomic E-state index is 6.04. The Morgan fingerprint density at radius 2 is 1.59 bits per heavy atom. The van der Waals surface area contributed by atoms with Gasteiger partial charge >= 0.3 is 0 Å². The quantitative estimate of drug-likeness (QED) is 0.712. The molecule has 1 saturated heterocycles. The van der Waals surface area contributed by atoms with Crippen LogP contribution in [0, 0.1) is 0 Å². The number of nitrogens with zero attached hydrogens (tertiary/aromatic N) is 1. The molecule has 2 aromatic rings. The number of ether oxygens (including phenoxy) is 1. The molecule has 0 spiro atoms. The molecule has 22 heavy (non-hydrogen) atoms. The van der Waals surface area contributed by atoms with E-state index in [0.717, 1.165) is 25.2 Å². The molecule has 0 saturated carbocycles. The molecule has 0 radical (unpaired) electrons. The Morgan fingerprint density at radius 1 is 0.864 bits per heavy atom. The van der Waals surface area contributed by atoms with Crippen LogP contribution >= 0.6 is 0 Å². The highest BCUT2D eigenvalue weighted by molar-refractivity contribution is 5.37. The molecule has 0 unspecified atom stereocenters. The summed E-state index contributed by atoms with van der Waals surface area (Å²) >= 11 is 0. The molecule has 1 aliphatic heterocycles. The van der Waals surface area contributed by atoms with E-state index in [1.54, 1.807) is 0 Å². The van der Waals surface area contributed by atoms with E-state index in [0.29, 0.717) is 0 Å². The van der Waals surface area contributed by atoms with E-state index >= 15 is 0 Å². The van der Waals surface area contributed by atoms with Gasteiger partial charge in [-0.25, -0.2) is 0 Å². The van der Waals surface area contributed by atoms with Crippen LogP contribution in [0.2, 0.25) is 0 Å². The summed E-state index contributed by atoms with van der Waals surface area (Å²) in [4.78, 5) is 2.54. The lowest BCUT2D eigenvalue weighted by Gasteiger charge is -2.15. The van der Waals surface area contributed by atoms with Crippen LogP contribution in [0.15, 0.2) is 54.6 Å². The van der Waals surface area contributed by atoms with Crippen molar-refractivity contribution in [3.05, 3.63) is 65.7 Å². The van der Waals surface area contributed by atoms with Crippen molar-refractivity contribution in [3.8, 4) is 5.75 Å². The number of para-hydroxylation sites is 1. The summed E-state index contributed by atoms with van der Waals surface area (Å²) in [6.07, 6.45) is 4.77. The van der Waals surface area contributed by atoms with Gasteiger partial charge in [0.1, 0.15) is 5.75 Å². The standard InChI is InChI=1S/C20H25NO/c1-2-9-18(10-3-1)17-19-11-4-5-12-20(19)22-16-8-15-21-13-6-7-14-21/h1-5,9-12H,6-8,13-17H2. The van der Waals surface area contributed by atoms with E-state index in [4.69, 9.17) is 4.74 Å². The van der Waals surface area contributed by atoms with E-state index in [2.05, 4.69) is 59.5 Å². The molecule has 1 heterocycles. The number of hydrogen-bond donors (Lipinski definition) is 0. The van der Waals surface area contributed by atoms with Crippen LogP contribution in [0.4, 0.5) is 0 Å². The normalized spacial score (nSPS) is 15.1. The van der Waals surface area contributed by atoms with E-state index < -0.39 is 0 Å². The van der Waals surface area contributed by atoms with Crippen molar-refractivity contribution in [2.24, 2.45) is 0 Å². The molecular formula is C20H25NO. The molecule has 0 N–H and O–H groups in total. The molecule has 0 bridgehead atoms. The summed E-state index contributed by atoms with van der Waals surface area (Å²) in [6.45, 7) is 4.51. The van der Waals surface area contributed by atoms with E-state index in [1.807, 2.05) is 0 Å². The largest absolute Gasteiger partial charge is 0.493 e. The summed E-state index contributed by atoms with van der Waals surface area (Å²) < 4.78 is 6.04. The third-order valence-corrected chi connectivity index (χ3v) is 4.28. The van der Waals surface area contributed by atoms with Gasteiger partial charge in [0.15, 0.2) is 0 Å². The average Bonchev–Trinajstić information content (AvgIpc) is 3.07. The zero-order valence-electron chi connectivity index (χ0n) is 13.2. The Kier molecular flexibility index (Phi) is 5.49. The average molecular weight is 295 g/mol. The van der Waals surface area contributed by atoms with Crippen LogP contribution in [-0.2, 0) is 6.42 Å². The monoisotopic (exact) mass is 295 g/mol. The highest BCUT2D eigenvalue weighted by Gasteiger charge is 2.10. The van der Waals surface area contributed by atoms with Crippen molar-refractivity contribution in [3.63, 3.8) is 0 Å². The van der Waals surface area contributed by atoms with Crippen molar-refractivity contribution in [1.82, 2.24) is 4.90 Å². The minimum atomic E-state index is 0.808. The lowest BCUT2D eigenvalue weighted by molar-refractivity contribution is 0.262. The number of rotatable bonds is 7. The summed E-state index contributed by atoms with van der Waals surface area (Å²) in [5.74, 6) is 1.03. The van der Waals surface area contributed by atoms with Crippen molar-refractivity contribution in [2.45, 2.75) is 25.7 Å². The minimum absolute atomic E-state index is 0.808. The van der Waals surface area contributed by atoms with Crippen LogP contribution in [0.3, 0.4) is 0 Å². The number of hydrogen-bond acceptors (Lipinski definition) is 2. The fourth-order valence-electron chi connectivity index (χ4n) is 3.08. The first-order chi connectivity index (χ1) is 10.9. The lowest BCUT2D eigenvalue weighted by atomic mass is 10.0. The van der Waals surface area contributed by atoms with Crippen LogP contribution in [0.5, 0.6) is 5.75 Å². The van der Waals surface area contributed by atoms with E-state index in [-0.39, 0.29) is 0 Å². The molecule has 0 amide bonds. The zero-order valence-corrected chi connectivity index (χ0v) is 13.2. The van der Waals surface area contributed by atoms with Crippen molar-refractivity contribution >= 4 is 0 Å². The van der Waals surface area contributed by atoms with Gasteiger partial charge in [-0.3, -0.25) is 0 Å². The van der Waals surface area contributed by atoms with Gasteiger partial charge in [0.2, 0.25) is 0 Å². The molecule has 2 aromatic carbocycles. The van der Waals surface area contributed by atoms with Gasteiger partial charge < -0.3 is 9.64 Å². The van der Waals surface area contributed by atoms with Gasteiger partial charge in [0, 0.05) is 13.0 Å². The Hall–Kier alpha value is -1.80. The Balaban J connectivity index is 1.52. The molecule has 3 rings (SSSR count). The third kappa shape index (κ3) is 4.35. The first-order valence-corrected chi connectivity index (χ1v) is 8.39. The van der Waals surface area contributed by atoms with Crippen LogP contribution in [-0.4, -0.2) is 31.1 Å². The molecule has 116 valence electrons. The van der Waals surface area contributed by atoms with Crippen LogP contribution in [0.25, 0.3) is 0 Å². The Labute approximate surface area is 133 Å². The van der Waals surface area contributed by atoms with Crippen LogP contribution < -0.4 is 4.74 Å². The zero-order chi connectivity index (χ0) is 15.0. The minimum Gasteiger partial charge on any atom is -0.493 e. The van der Waals surface area contributed by atoms with Crippen molar-refractivity contribution < 1.29 is 4.74 Å². The number of benzene rings is 2. The molecule has 0 aliphatic carbocycles.